The summed E-state index contributed by atoms with van der Waals surface area (Å²) >= 11 is 0. The Bertz CT molecular complexity index is 367. The topological polar surface area (TPSA) is 91.3 Å². The molecular formula is C10H13N3O3. The summed E-state index contributed by atoms with van der Waals surface area (Å²) in [5.41, 5.74) is 0.896. The molecule has 6 heteroatoms. The van der Waals surface area contributed by atoms with Crippen LogP contribution in [0.3, 0.4) is 0 Å². The van der Waals surface area contributed by atoms with E-state index in [9.17, 15) is 9.59 Å². The lowest BCUT2D eigenvalue weighted by atomic mass is 10.3. The van der Waals surface area contributed by atoms with Crippen LogP contribution in [0.5, 0.6) is 0 Å². The van der Waals surface area contributed by atoms with Gasteiger partial charge >= 0.3 is 12.0 Å². The molecule has 0 radical (unpaired) electrons. The number of carbonyl (C=O) groups excluding carboxylic acids is 1. The predicted octanol–water partition coefficient (Wildman–Crippen LogP) is 0.354. The first-order valence-corrected chi connectivity index (χ1v) is 4.75. The van der Waals surface area contributed by atoms with E-state index in [1.165, 1.54) is 6.92 Å². The smallest absolute Gasteiger partial charge is 0.325 e. The van der Waals surface area contributed by atoms with Crippen molar-refractivity contribution in [2.75, 3.05) is 0 Å². The summed E-state index contributed by atoms with van der Waals surface area (Å²) in [5, 5.41) is 13.4. The highest BCUT2D eigenvalue weighted by Gasteiger charge is 2.12. The predicted molar refractivity (Wildman–Crippen MR) is 56.7 cm³/mol. The Morgan fingerprint density at radius 2 is 2.06 bits per heavy atom. The fourth-order valence-electron chi connectivity index (χ4n) is 0.992. The van der Waals surface area contributed by atoms with Crippen LogP contribution in [0.25, 0.3) is 0 Å². The number of urea groups is 1. The van der Waals surface area contributed by atoms with Crippen molar-refractivity contribution < 1.29 is 14.7 Å². The van der Waals surface area contributed by atoms with E-state index in [1.807, 2.05) is 0 Å². The second-order valence-corrected chi connectivity index (χ2v) is 3.24. The van der Waals surface area contributed by atoms with Crippen LogP contribution in [0.15, 0.2) is 24.5 Å². The summed E-state index contributed by atoms with van der Waals surface area (Å²) in [5.74, 6) is -1.07. The molecule has 0 saturated heterocycles. The lowest BCUT2D eigenvalue weighted by Crippen LogP contribution is -2.44. The van der Waals surface area contributed by atoms with Crippen LogP contribution >= 0.6 is 0 Å². The third-order valence-corrected chi connectivity index (χ3v) is 1.92. The van der Waals surface area contributed by atoms with Crippen molar-refractivity contribution in [2.24, 2.45) is 0 Å². The number of aliphatic carboxylic acids is 1. The van der Waals surface area contributed by atoms with Crippen molar-refractivity contribution in [1.29, 1.82) is 0 Å². The van der Waals surface area contributed by atoms with Crippen molar-refractivity contribution in [3.8, 4) is 0 Å². The molecule has 1 unspecified atom stereocenters. The maximum Gasteiger partial charge on any atom is 0.325 e. The molecule has 0 aliphatic carbocycles. The molecule has 0 aromatic carbocycles. The summed E-state index contributed by atoms with van der Waals surface area (Å²) in [6.45, 7) is 1.73. The molecule has 3 N–H and O–H groups in total. The second kappa shape index (κ2) is 5.69. The number of rotatable bonds is 4. The van der Waals surface area contributed by atoms with E-state index >= 15 is 0 Å². The molecule has 0 aliphatic rings. The van der Waals surface area contributed by atoms with Crippen LogP contribution in [-0.4, -0.2) is 28.1 Å². The van der Waals surface area contributed by atoms with Gasteiger partial charge in [-0.2, -0.15) is 0 Å². The number of amides is 2. The second-order valence-electron chi connectivity index (χ2n) is 3.24. The van der Waals surface area contributed by atoms with Gasteiger partial charge in [-0.3, -0.25) is 9.78 Å². The quantitative estimate of drug-likeness (QED) is 0.687. The van der Waals surface area contributed by atoms with Crippen molar-refractivity contribution in [2.45, 2.75) is 19.5 Å². The lowest BCUT2D eigenvalue weighted by Gasteiger charge is -2.10. The number of carboxylic acids is 1. The molecule has 0 aliphatic heterocycles. The summed E-state index contributed by atoms with van der Waals surface area (Å²) in [4.78, 5) is 25.5. The molecule has 0 fully saturated rings. The molecule has 0 saturated carbocycles. The van der Waals surface area contributed by atoms with Gasteiger partial charge in [-0.05, 0) is 24.6 Å². The highest BCUT2D eigenvalue weighted by atomic mass is 16.4. The minimum absolute atomic E-state index is 0.334. The van der Waals surface area contributed by atoms with Gasteiger partial charge in [-0.15, -0.1) is 0 Å². The van der Waals surface area contributed by atoms with Crippen LogP contribution in [0.2, 0.25) is 0 Å². The molecule has 86 valence electrons. The van der Waals surface area contributed by atoms with E-state index in [-0.39, 0.29) is 0 Å². The fraction of sp³-hybridized carbons (Fsp3) is 0.300. The Morgan fingerprint density at radius 1 is 1.44 bits per heavy atom. The average molecular weight is 223 g/mol. The van der Waals surface area contributed by atoms with Crippen LogP contribution in [0.4, 0.5) is 4.79 Å². The van der Waals surface area contributed by atoms with E-state index in [1.54, 1.807) is 24.5 Å². The van der Waals surface area contributed by atoms with Gasteiger partial charge in [0.05, 0.1) is 0 Å². The third-order valence-electron chi connectivity index (χ3n) is 1.92. The monoisotopic (exact) mass is 223 g/mol. The highest BCUT2D eigenvalue weighted by Crippen LogP contribution is 1.94. The van der Waals surface area contributed by atoms with E-state index in [4.69, 9.17) is 5.11 Å². The number of pyridine rings is 1. The van der Waals surface area contributed by atoms with E-state index in [0.717, 1.165) is 5.56 Å². The summed E-state index contributed by atoms with van der Waals surface area (Å²) in [6, 6.07) is 2.12. The van der Waals surface area contributed by atoms with Crippen molar-refractivity contribution in [3.05, 3.63) is 30.1 Å². The Hall–Kier alpha value is -2.11. The number of nitrogens with zero attached hydrogens (tertiary/aromatic N) is 1. The molecule has 1 aromatic heterocycles. The standard InChI is InChI=1S/C10H13N3O3/c1-7(9(14)15)13-10(16)12-6-8-2-4-11-5-3-8/h2-5,7H,6H2,1H3,(H,14,15)(H2,12,13,16). The Balaban J connectivity index is 2.33. The Kier molecular flexibility index (Phi) is 4.26. The maximum absolute atomic E-state index is 11.2. The molecule has 6 nitrogen and oxygen atoms in total. The number of hydrogen-bond acceptors (Lipinski definition) is 3. The SMILES string of the molecule is CC(NC(=O)NCc1ccncc1)C(=O)O. The van der Waals surface area contributed by atoms with Gasteiger partial charge in [-0.25, -0.2) is 4.79 Å². The Morgan fingerprint density at radius 3 is 2.62 bits per heavy atom. The zero-order valence-electron chi connectivity index (χ0n) is 8.80. The van der Waals surface area contributed by atoms with Crippen molar-refractivity contribution in [1.82, 2.24) is 15.6 Å². The average Bonchev–Trinajstić information content (AvgIpc) is 2.27. The zero-order chi connectivity index (χ0) is 12.0. The molecule has 0 bridgehead atoms. The molecule has 0 spiro atoms. The van der Waals surface area contributed by atoms with Gasteiger partial charge in [-0.1, -0.05) is 0 Å². The van der Waals surface area contributed by atoms with Gasteiger partial charge in [0.2, 0.25) is 0 Å². The molecule has 1 heterocycles. The van der Waals surface area contributed by atoms with Crippen LogP contribution in [-0.2, 0) is 11.3 Å². The van der Waals surface area contributed by atoms with E-state index < -0.39 is 18.0 Å². The van der Waals surface area contributed by atoms with E-state index in [0.29, 0.717) is 6.54 Å². The van der Waals surface area contributed by atoms with Crippen molar-refractivity contribution in [3.63, 3.8) is 0 Å². The molecule has 1 atom stereocenters. The van der Waals surface area contributed by atoms with Crippen LogP contribution < -0.4 is 10.6 Å². The summed E-state index contributed by atoms with van der Waals surface area (Å²) < 4.78 is 0. The number of hydrogen-bond donors (Lipinski definition) is 3. The zero-order valence-corrected chi connectivity index (χ0v) is 8.80. The lowest BCUT2D eigenvalue weighted by molar-refractivity contribution is -0.138. The van der Waals surface area contributed by atoms with Crippen LogP contribution in [0, 0.1) is 0 Å². The number of carboxylic acid groups (broad SMARTS) is 1. The fourth-order valence-corrected chi connectivity index (χ4v) is 0.992. The minimum atomic E-state index is -1.07. The molecule has 1 aromatic rings. The van der Waals surface area contributed by atoms with Gasteiger partial charge < -0.3 is 15.7 Å². The molecule has 1 rings (SSSR count). The Labute approximate surface area is 92.7 Å². The van der Waals surface area contributed by atoms with Crippen molar-refractivity contribution >= 4 is 12.0 Å². The first-order chi connectivity index (χ1) is 7.59. The third kappa shape index (κ3) is 3.95. The molecule has 2 amide bonds. The number of carbonyl (C=O) groups is 2. The van der Waals surface area contributed by atoms with Crippen LogP contribution in [0.1, 0.15) is 12.5 Å². The number of aromatic nitrogens is 1. The molecular weight excluding hydrogens is 210 g/mol. The minimum Gasteiger partial charge on any atom is -0.480 e. The first kappa shape index (κ1) is 12.0. The summed E-state index contributed by atoms with van der Waals surface area (Å²) in [6.07, 6.45) is 3.24. The molecule has 16 heavy (non-hydrogen) atoms. The number of nitrogens with one attached hydrogen (secondary N) is 2. The highest BCUT2D eigenvalue weighted by molar-refractivity contribution is 5.82. The van der Waals surface area contributed by atoms with E-state index in [2.05, 4.69) is 15.6 Å². The maximum atomic E-state index is 11.2. The normalized spacial score (nSPS) is 11.6. The largest absolute Gasteiger partial charge is 0.480 e. The van der Waals surface area contributed by atoms with Gasteiger partial charge in [0.15, 0.2) is 0 Å². The first-order valence-electron chi connectivity index (χ1n) is 4.75. The summed E-state index contributed by atoms with van der Waals surface area (Å²) in [7, 11) is 0. The van der Waals surface area contributed by atoms with Gasteiger partial charge in [0, 0.05) is 18.9 Å². The van der Waals surface area contributed by atoms with Gasteiger partial charge in [0.25, 0.3) is 0 Å². The van der Waals surface area contributed by atoms with Gasteiger partial charge in [0.1, 0.15) is 6.04 Å².